The van der Waals surface area contributed by atoms with E-state index < -0.39 is 0 Å². The van der Waals surface area contributed by atoms with E-state index in [1.807, 2.05) is 48.5 Å². The summed E-state index contributed by atoms with van der Waals surface area (Å²) in [5.74, 6) is 1.17. The number of hydrogen-bond acceptors (Lipinski definition) is 3. The molecule has 0 saturated heterocycles. The van der Waals surface area contributed by atoms with Crippen LogP contribution in [0.25, 0.3) is 0 Å². The molecule has 0 unspecified atom stereocenters. The molecule has 0 bridgehead atoms. The molecule has 3 rings (SSSR count). The Morgan fingerprint density at radius 2 is 1.64 bits per heavy atom. The smallest absolute Gasteiger partial charge is 0.129 e. The third kappa shape index (κ3) is 4.44. The molecule has 3 aromatic carbocycles. The Hall–Kier alpha value is -3.14. The average Bonchev–Trinajstić information content (AvgIpc) is 2.67. The second-order valence-corrected chi connectivity index (χ2v) is 5.37. The Balaban J connectivity index is 1.74. The first kappa shape index (κ1) is 16.7. The van der Waals surface area contributed by atoms with Gasteiger partial charge in [-0.25, -0.2) is 4.39 Å². The Kier molecular flexibility index (Phi) is 5.42. The zero-order valence-corrected chi connectivity index (χ0v) is 13.9. The number of methoxy groups -OCH3 is 1. The van der Waals surface area contributed by atoms with Crippen LogP contribution in [0.2, 0.25) is 0 Å². The second kappa shape index (κ2) is 8.11. The lowest BCUT2D eigenvalue weighted by Crippen LogP contribution is -2.00. The van der Waals surface area contributed by atoms with Gasteiger partial charge in [0, 0.05) is 17.3 Å². The molecule has 25 heavy (non-hydrogen) atoms. The van der Waals surface area contributed by atoms with Crippen molar-refractivity contribution in [1.29, 1.82) is 0 Å². The Morgan fingerprint density at radius 3 is 2.40 bits per heavy atom. The lowest BCUT2D eigenvalue weighted by atomic mass is 10.2. The quantitative estimate of drug-likeness (QED) is 0.582. The van der Waals surface area contributed by atoms with E-state index in [2.05, 4.69) is 4.99 Å². The first-order valence-corrected chi connectivity index (χ1v) is 7.89. The van der Waals surface area contributed by atoms with Gasteiger partial charge in [0.25, 0.3) is 0 Å². The summed E-state index contributed by atoms with van der Waals surface area (Å²) in [4.78, 5) is 4.45. The molecule has 0 heterocycles. The molecule has 0 amide bonds. The van der Waals surface area contributed by atoms with Crippen LogP contribution < -0.4 is 9.47 Å². The number of ether oxygens (including phenoxy) is 2. The van der Waals surface area contributed by atoms with Gasteiger partial charge in [0.15, 0.2) is 0 Å². The van der Waals surface area contributed by atoms with Crippen molar-refractivity contribution < 1.29 is 13.9 Å². The molecule has 0 spiro atoms. The lowest BCUT2D eigenvalue weighted by molar-refractivity contribution is 0.299. The summed E-state index contributed by atoms with van der Waals surface area (Å²) in [7, 11) is 1.63. The molecule has 0 aliphatic rings. The minimum Gasteiger partial charge on any atom is -0.497 e. The maximum Gasteiger partial charge on any atom is 0.129 e. The summed E-state index contributed by atoms with van der Waals surface area (Å²) in [6.45, 7) is 0.167. The fraction of sp³-hybridized carbons (Fsp3) is 0.0952. The van der Waals surface area contributed by atoms with Crippen molar-refractivity contribution in [3.8, 4) is 11.5 Å². The van der Waals surface area contributed by atoms with Gasteiger partial charge in [0.05, 0.1) is 12.8 Å². The van der Waals surface area contributed by atoms with Crippen LogP contribution in [0, 0.1) is 5.82 Å². The number of aliphatic imine (C=N–C) groups is 1. The number of para-hydroxylation sites is 1. The zero-order valence-electron chi connectivity index (χ0n) is 13.9. The highest BCUT2D eigenvalue weighted by Gasteiger charge is 2.04. The van der Waals surface area contributed by atoms with Crippen LogP contribution in [0.15, 0.2) is 77.8 Å². The molecule has 0 atom stereocenters. The largest absolute Gasteiger partial charge is 0.497 e. The molecule has 126 valence electrons. The van der Waals surface area contributed by atoms with Gasteiger partial charge in [-0.2, -0.15) is 0 Å². The van der Waals surface area contributed by atoms with E-state index in [0.29, 0.717) is 11.3 Å². The fourth-order valence-electron chi connectivity index (χ4n) is 2.30. The normalized spacial score (nSPS) is 10.8. The topological polar surface area (TPSA) is 30.8 Å². The van der Waals surface area contributed by atoms with Crippen molar-refractivity contribution in [2.75, 3.05) is 7.11 Å². The molecule has 0 N–H and O–H groups in total. The summed E-state index contributed by atoms with van der Waals surface area (Å²) >= 11 is 0. The van der Waals surface area contributed by atoms with Crippen LogP contribution in [0.1, 0.15) is 11.1 Å². The highest BCUT2D eigenvalue weighted by molar-refractivity contribution is 5.85. The van der Waals surface area contributed by atoms with Gasteiger partial charge < -0.3 is 9.47 Å². The summed E-state index contributed by atoms with van der Waals surface area (Å²) in [6, 6.07) is 21.6. The van der Waals surface area contributed by atoms with E-state index in [-0.39, 0.29) is 12.4 Å². The van der Waals surface area contributed by atoms with Gasteiger partial charge in [-0.1, -0.05) is 30.3 Å². The van der Waals surface area contributed by atoms with Gasteiger partial charge in [-0.05, 0) is 42.5 Å². The van der Waals surface area contributed by atoms with Crippen LogP contribution in [0.5, 0.6) is 11.5 Å². The first-order valence-electron chi connectivity index (χ1n) is 7.89. The van der Waals surface area contributed by atoms with Gasteiger partial charge in [-0.3, -0.25) is 4.99 Å². The van der Waals surface area contributed by atoms with Crippen molar-refractivity contribution in [1.82, 2.24) is 0 Å². The molecular weight excluding hydrogens is 317 g/mol. The maximum absolute atomic E-state index is 13.7. The van der Waals surface area contributed by atoms with Gasteiger partial charge in [-0.15, -0.1) is 0 Å². The van der Waals surface area contributed by atoms with Crippen LogP contribution in [0.4, 0.5) is 10.1 Å². The van der Waals surface area contributed by atoms with E-state index in [1.165, 1.54) is 6.07 Å². The molecule has 0 aliphatic heterocycles. The van der Waals surface area contributed by atoms with Crippen LogP contribution in [-0.2, 0) is 6.61 Å². The number of nitrogens with zero attached hydrogens (tertiary/aromatic N) is 1. The van der Waals surface area contributed by atoms with Crippen molar-refractivity contribution in [2.24, 2.45) is 4.99 Å². The fourth-order valence-corrected chi connectivity index (χ4v) is 2.30. The molecule has 0 radical (unpaired) electrons. The molecule has 0 aliphatic carbocycles. The number of hydrogen-bond donors (Lipinski definition) is 0. The van der Waals surface area contributed by atoms with Crippen molar-refractivity contribution >= 4 is 11.9 Å². The predicted molar refractivity (Wildman–Crippen MR) is 97.4 cm³/mol. The van der Waals surface area contributed by atoms with Crippen molar-refractivity contribution in [3.63, 3.8) is 0 Å². The second-order valence-electron chi connectivity index (χ2n) is 5.37. The maximum atomic E-state index is 13.7. The predicted octanol–water partition coefficient (Wildman–Crippen LogP) is 5.16. The van der Waals surface area contributed by atoms with E-state index in [9.17, 15) is 4.39 Å². The lowest BCUT2D eigenvalue weighted by Gasteiger charge is -2.09. The highest BCUT2D eigenvalue weighted by Crippen LogP contribution is 2.21. The third-order valence-electron chi connectivity index (χ3n) is 3.69. The number of rotatable bonds is 6. The van der Waals surface area contributed by atoms with Gasteiger partial charge in [0.1, 0.15) is 23.9 Å². The Labute approximate surface area is 146 Å². The summed E-state index contributed by atoms with van der Waals surface area (Å²) < 4.78 is 24.6. The van der Waals surface area contributed by atoms with E-state index >= 15 is 0 Å². The van der Waals surface area contributed by atoms with Gasteiger partial charge >= 0.3 is 0 Å². The minimum atomic E-state index is -0.271. The van der Waals surface area contributed by atoms with Crippen molar-refractivity contribution in [2.45, 2.75) is 6.61 Å². The molecule has 0 aromatic heterocycles. The molecule has 3 aromatic rings. The Morgan fingerprint density at radius 1 is 0.920 bits per heavy atom. The number of halogens is 1. The van der Waals surface area contributed by atoms with E-state index in [0.717, 1.165) is 17.0 Å². The monoisotopic (exact) mass is 335 g/mol. The summed E-state index contributed by atoms with van der Waals surface area (Å²) in [6.07, 6.45) is 1.73. The molecule has 0 fully saturated rings. The average molecular weight is 335 g/mol. The van der Waals surface area contributed by atoms with Crippen LogP contribution in [0.3, 0.4) is 0 Å². The molecule has 3 nitrogen and oxygen atoms in total. The van der Waals surface area contributed by atoms with Crippen LogP contribution in [-0.4, -0.2) is 13.3 Å². The van der Waals surface area contributed by atoms with Crippen LogP contribution >= 0.6 is 0 Å². The molecule has 4 heteroatoms. The third-order valence-corrected chi connectivity index (χ3v) is 3.69. The van der Waals surface area contributed by atoms with Crippen molar-refractivity contribution in [3.05, 3.63) is 89.7 Å². The van der Waals surface area contributed by atoms with E-state index in [1.54, 1.807) is 31.5 Å². The van der Waals surface area contributed by atoms with Gasteiger partial charge in [0.2, 0.25) is 0 Å². The summed E-state index contributed by atoms with van der Waals surface area (Å²) in [5, 5.41) is 0. The molecule has 0 saturated carbocycles. The highest BCUT2D eigenvalue weighted by atomic mass is 19.1. The Bertz CT molecular complexity index is 860. The standard InChI is InChI=1S/C21H18FNO2/c1-24-19-12-10-18(11-13-19)23-14-16-6-3-5-9-21(16)25-15-17-7-2-4-8-20(17)22/h2-14H,15H2,1H3. The van der Waals surface area contributed by atoms with E-state index in [4.69, 9.17) is 9.47 Å². The minimum absolute atomic E-state index is 0.167. The zero-order chi connectivity index (χ0) is 17.5. The number of benzene rings is 3. The summed E-state index contributed by atoms with van der Waals surface area (Å²) in [5.41, 5.74) is 2.16. The SMILES string of the molecule is COc1ccc(N=Cc2ccccc2OCc2ccccc2F)cc1. The molecular formula is C21H18FNO2. The first-order chi connectivity index (χ1) is 12.3.